The summed E-state index contributed by atoms with van der Waals surface area (Å²) < 4.78 is 28.2. The van der Waals surface area contributed by atoms with Crippen LogP contribution in [0.15, 0.2) is 77.7 Å². The molecule has 35 heavy (non-hydrogen) atoms. The van der Waals surface area contributed by atoms with Crippen molar-refractivity contribution in [3.8, 4) is 0 Å². The number of aryl methyl sites for hydroxylation is 2. The molecular formula is C27H29N3O4S. The van der Waals surface area contributed by atoms with E-state index in [1.165, 1.54) is 24.3 Å². The van der Waals surface area contributed by atoms with Gasteiger partial charge >= 0.3 is 0 Å². The number of carbonyl (C=O) groups is 2. The summed E-state index contributed by atoms with van der Waals surface area (Å²) in [6.07, 6.45) is 1.44. The quantitative estimate of drug-likeness (QED) is 0.527. The molecule has 0 aliphatic carbocycles. The number of sulfonamides is 1. The van der Waals surface area contributed by atoms with Gasteiger partial charge in [-0.2, -0.15) is 0 Å². The fraction of sp³-hybridized carbons (Fsp3) is 0.259. The van der Waals surface area contributed by atoms with E-state index in [-0.39, 0.29) is 22.6 Å². The Labute approximate surface area is 206 Å². The molecule has 2 N–H and O–H groups in total. The van der Waals surface area contributed by atoms with Crippen molar-refractivity contribution in [2.45, 2.75) is 31.6 Å². The number of benzene rings is 3. The molecule has 8 heteroatoms. The van der Waals surface area contributed by atoms with Gasteiger partial charge in [0.2, 0.25) is 5.91 Å². The van der Waals surface area contributed by atoms with Gasteiger partial charge in [-0.3, -0.25) is 14.3 Å². The Bertz CT molecular complexity index is 1320. The van der Waals surface area contributed by atoms with Crippen LogP contribution in [0.1, 0.15) is 34.3 Å². The molecule has 1 heterocycles. The van der Waals surface area contributed by atoms with E-state index in [0.717, 1.165) is 23.2 Å². The Hall–Kier alpha value is -3.65. The Morgan fingerprint density at radius 2 is 1.60 bits per heavy atom. The van der Waals surface area contributed by atoms with E-state index in [0.29, 0.717) is 30.8 Å². The summed E-state index contributed by atoms with van der Waals surface area (Å²) in [6, 6.07) is 20.5. The number of anilines is 2. The summed E-state index contributed by atoms with van der Waals surface area (Å²) in [5.41, 5.74) is 3.67. The molecule has 0 saturated carbocycles. The van der Waals surface area contributed by atoms with Crippen molar-refractivity contribution in [1.29, 1.82) is 0 Å². The van der Waals surface area contributed by atoms with Crippen LogP contribution in [0.3, 0.4) is 0 Å². The van der Waals surface area contributed by atoms with Gasteiger partial charge in [-0.15, -0.1) is 0 Å². The molecule has 1 aliphatic rings. The molecule has 0 spiro atoms. The van der Waals surface area contributed by atoms with E-state index in [1.54, 1.807) is 17.0 Å². The molecule has 3 aromatic rings. The lowest BCUT2D eigenvalue weighted by molar-refractivity contribution is -0.121. The van der Waals surface area contributed by atoms with Crippen molar-refractivity contribution in [2.75, 3.05) is 23.1 Å². The molecule has 1 fully saturated rings. The van der Waals surface area contributed by atoms with Gasteiger partial charge in [0.15, 0.2) is 0 Å². The van der Waals surface area contributed by atoms with Gasteiger partial charge in [0.05, 0.1) is 10.8 Å². The highest BCUT2D eigenvalue weighted by molar-refractivity contribution is 7.92. The highest BCUT2D eigenvalue weighted by atomic mass is 32.2. The lowest BCUT2D eigenvalue weighted by atomic mass is 9.96. The standard InChI is InChI=1S/C27H29N3O4S/c1-19-10-13-24(17-20(19)2)29-35(33,34)25-14-11-21(12-15-25)27(32)30-16-6-7-22(18-30)26(31)28-23-8-4-3-5-9-23/h3-5,8-15,17,22,29H,6-7,16,18H2,1-2H3,(H,28,31). The second-order valence-corrected chi connectivity index (χ2v) is 10.6. The minimum atomic E-state index is -3.79. The highest BCUT2D eigenvalue weighted by Gasteiger charge is 2.29. The second kappa shape index (κ2) is 10.3. The van der Waals surface area contributed by atoms with Crippen molar-refractivity contribution < 1.29 is 18.0 Å². The Morgan fingerprint density at radius 3 is 2.29 bits per heavy atom. The van der Waals surface area contributed by atoms with E-state index in [9.17, 15) is 18.0 Å². The fourth-order valence-corrected chi connectivity index (χ4v) is 5.17. The van der Waals surface area contributed by atoms with Crippen LogP contribution in [0.2, 0.25) is 0 Å². The summed E-state index contributed by atoms with van der Waals surface area (Å²) >= 11 is 0. The average molecular weight is 492 g/mol. The predicted molar refractivity (Wildman–Crippen MR) is 137 cm³/mol. The molecule has 0 aromatic heterocycles. The van der Waals surface area contributed by atoms with Crippen LogP contribution in [-0.4, -0.2) is 38.2 Å². The zero-order valence-electron chi connectivity index (χ0n) is 19.8. The van der Waals surface area contributed by atoms with Crippen molar-refractivity contribution in [1.82, 2.24) is 4.90 Å². The molecule has 7 nitrogen and oxygen atoms in total. The Balaban J connectivity index is 1.41. The van der Waals surface area contributed by atoms with Crippen LogP contribution >= 0.6 is 0 Å². The van der Waals surface area contributed by atoms with Gasteiger partial charge in [-0.05, 0) is 86.3 Å². The van der Waals surface area contributed by atoms with E-state index < -0.39 is 10.0 Å². The Morgan fingerprint density at radius 1 is 0.886 bits per heavy atom. The number of likely N-dealkylation sites (tertiary alicyclic amines) is 1. The largest absolute Gasteiger partial charge is 0.338 e. The summed E-state index contributed by atoms with van der Waals surface area (Å²) in [5, 5.41) is 2.91. The van der Waals surface area contributed by atoms with Crippen LogP contribution < -0.4 is 10.0 Å². The smallest absolute Gasteiger partial charge is 0.261 e. The number of rotatable bonds is 6. The van der Waals surface area contributed by atoms with Crippen LogP contribution in [0.4, 0.5) is 11.4 Å². The third-order valence-electron chi connectivity index (χ3n) is 6.29. The van der Waals surface area contributed by atoms with Gasteiger partial charge in [-0.25, -0.2) is 8.42 Å². The molecular weight excluding hydrogens is 462 g/mol. The summed E-state index contributed by atoms with van der Waals surface area (Å²) in [5.74, 6) is -0.615. The number of piperidine rings is 1. The van der Waals surface area contributed by atoms with Crippen molar-refractivity contribution in [3.63, 3.8) is 0 Å². The topological polar surface area (TPSA) is 95.6 Å². The minimum absolute atomic E-state index is 0.0750. The lowest BCUT2D eigenvalue weighted by Gasteiger charge is -2.32. The highest BCUT2D eigenvalue weighted by Crippen LogP contribution is 2.23. The van der Waals surface area contributed by atoms with Crippen LogP contribution in [0.25, 0.3) is 0 Å². The molecule has 2 amide bonds. The first-order valence-corrected chi connectivity index (χ1v) is 13.1. The number of amides is 2. The maximum absolute atomic E-state index is 13.1. The van der Waals surface area contributed by atoms with Gasteiger partial charge in [0, 0.05) is 30.0 Å². The van der Waals surface area contributed by atoms with Crippen LogP contribution in [-0.2, 0) is 14.8 Å². The number of hydrogen-bond donors (Lipinski definition) is 2. The first-order chi connectivity index (χ1) is 16.7. The third-order valence-corrected chi connectivity index (χ3v) is 7.69. The summed E-state index contributed by atoms with van der Waals surface area (Å²) in [7, 11) is -3.79. The molecule has 3 aromatic carbocycles. The maximum Gasteiger partial charge on any atom is 0.261 e. The monoisotopic (exact) mass is 491 g/mol. The summed E-state index contributed by atoms with van der Waals surface area (Å²) in [6.45, 7) is 4.77. The SMILES string of the molecule is Cc1ccc(NS(=O)(=O)c2ccc(C(=O)N3CCCC(C(=O)Nc4ccccc4)C3)cc2)cc1C. The molecule has 4 rings (SSSR count). The minimum Gasteiger partial charge on any atom is -0.338 e. The molecule has 0 radical (unpaired) electrons. The van der Waals surface area contributed by atoms with E-state index in [2.05, 4.69) is 10.0 Å². The fourth-order valence-electron chi connectivity index (χ4n) is 4.12. The van der Waals surface area contributed by atoms with Gasteiger partial charge in [-0.1, -0.05) is 24.3 Å². The maximum atomic E-state index is 13.1. The summed E-state index contributed by atoms with van der Waals surface area (Å²) in [4.78, 5) is 27.5. The van der Waals surface area contributed by atoms with Crippen molar-refractivity contribution in [3.05, 3.63) is 89.5 Å². The van der Waals surface area contributed by atoms with E-state index in [1.807, 2.05) is 50.2 Å². The Kier molecular flexibility index (Phi) is 7.21. The van der Waals surface area contributed by atoms with Crippen molar-refractivity contribution >= 4 is 33.2 Å². The first-order valence-electron chi connectivity index (χ1n) is 11.6. The van der Waals surface area contributed by atoms with Gasteiger partial charge in [0.25, 0.3) is 15.9 Å². The van der Waals surface area contributed by atoms with E-state index in [4.69, 9.17) is 0 Å². The molecule has 182 valence electrons. The first kappa shape index (κ1) is 24.5. The number of hydrogen-bond acceptors (Lipinski definition) is 4. The van der Waals surface area contributed by atoms with Gasteiger partial charge in [0.1, 0.15) is 0 Å². The molecule has 1 saturated heterocycles. The normalized spacial score (nSPS) is 15.9. The zero-order chi connectivity index (χ0) is 25.0. The molecule has 1 unspecified atom stereocenters. The zero-order valence-corrected chi connectivity index (χ0v) is 20.6. The van der Waals surface area contributed by atoms with Crippen LogP contribution in [0, 0.1) is 19.8 Å². The van der Waals surface area contributed by atoms with Gasteiger partial charge < -0.3 is 10.2 Å². The number of carbonyl (C=O) groups excluding carboxylic acids is 2. The molecule has 0 bridgehead atoms. The predicted octanol–water partition coefficient (Wildman–Crippen LogP) is 4.60. The van der Waals surface area contributed by atoms with Crippen LogP contribution in [0.5, 0.6) is 0 Å². The average Bonchev–Trinajstić information content (AvgIpc) is 2.86. The van der Waals surface area contributed by atoms with E-state index >= 15 is 0 Å². The number of nitrogens with one attached hydrogen (secondary N) is 2. The lowest BCUT2D eigenvalue weighted by Crippen LogP contribution is -2.43. The molecule has 1 atom stereocenters. The van der Waals surface area contributed by atoms with Crippen molar-refractivity contribution in [2.24, 2.45) is 5.92 Å². The number of nitrogens with zero attached hydrogens (tertiary/aromatic N) is 1. The second-order valence-electron chi connectivity index (χ2n) is 8.87. The molecule has 1 aliphatic heterocycles. The number of para-hydroxylation sites is 1. The third kappa shape index (κ3) is 5.89.